The zero-order valence-electron chi connectivity index (χ0n) is 8.01. The lowest BCUT2D eigenvalue weighted by molar-refractivity contribution is -0.141. The normalized spacial score (nSPS) is 28.1. The minimum atomic E-state index is -0.672. The number of carboxylic acid groups (broad SMARTS) is 1. The minimum Gasteiger partial charge on any atom is -0.481 e. The summed E-state index contributed by atoms with van der Waals surface area (Å²) in [7, 11) is 1.99. The highest BCUT2D eigenvalue weighted by Crippen LogP contribution is 2.34. The Bertz CT molecular complexity index is 323. The average Bonchev–Trinajstić information content (AvgIpc) is 2.71. The molecular weight excluding hydrogens is 198 g/mol. The SMILES string of the molecule is CN1CC(C(=O)O)CC1c1ccsc1. The van der Waals surface area contributed by atoms with Crippen molar-refractivity contribution in [3.05, 3.63) is 22.4 Å². The fourth-order valence-corrected chi connectivity index (χ4v) is 2.74. The summed E-state index contributed by atoms with van der Waals surface area (Å²) in [5.74, 6) is -0.875. The summed E-state index contributed by atoms with van der Waals surface area (Å²) in [6, 6.07) is 2.37. The van der Waals surface area contributed by atoms with Crippen molar-refractivity contribution in [2.75, 3.05) is 13.6 Å². The highest BCUT2D eigenvalue weighted by molar-refractivity contribution is 7.07. The average molecular weight is 211 g/mol. The Morgan fingerprint density at radius 3 is 3.00 bits per heavy atom. The Kier molecular flexibility index (Phi) is 2.56. The van der Waals surface area contributed by atoms with Gasteiger partial charge in [0.1, 0.15) is 0 Å². The quantitative estimate of drug-likeness (QED) is 0.811. The molecule has 4 heteroatoms. The molecule has 0 amide bonds. The van der Waals surface area contributed by atoms with Crippen molar-refractivity contribution in [2.45, 2.75) is 12.5 Å². The first-order valence-corrected chi connectivity index (χ1v) is 5.58. The summed E-state index contributed by atoms with van der Waals surface area (Å²) >= 11 is 1.66. The van der Waals surface area contributed by atoms with Crippen molar-refractivity contribution < 1.29 is 9.90 Å². The van der Waals surface area contributed by atoms with Crippen LogP contribution in [-0.2, 0) is 4.79 Å². The van der Waals surface area contributed by atoms with Crippen LogP contribution in [0, 0.1) is 5.92 Å². The van der Waals surface area contributed by atoms with E-state index in [1.807, 2.05) is 12.4 Å². The Balaban J connectivity index is 2.12. The number of nitrogens with zero attached hydrogens (tertiary/aromatic N) is 1. The molecule has 2 heterocycles. The molecule has 14 heavy (non-hydrogen) atoms. The van der Waals surface area contributed by atoms with Crippen LogP contribution < -0.4 is 0 Å². The van der Waals surface area contributed by atoms with E-state index in [0.29, 0.717) is 12.6 Å². The van der Waals surface area contributed by atoms with Gasteiger partial charge in [0.15, 0.2) is 0 Å². The molecule has 2 atom stereocenters. The van der Waals surface area contributed by atoms with Crippen LogP contribution in [-0.4, -0.2) is 29.6 Å². The molecule has 0 aliphatic carbocycles. The molecule has 3 nitrogen and oxygen atoms in total. The van der Waals surface area contributed by atoms with E-state index in [4.69, 9.17) is 5.11 Å². The fourth-order valence-electron chi connectivity index (χ4n) is 2.03. The van der Waals surface area contributed by atoms with E-state index in [1.165, 1.54) is 5.56 Å². The van der Waals surface area contributed by atoms with Crippen LogP contribution in [0.1, 0.15) is 18.0 Å². The van der Waals surface area contributed by atoms with E-state index >= 15 is 0 Å². The third-order valence-corrected chi connectivity index (χ3v) is 3.53. The molecule has 1 aromatic heterocycles. The summed E-state index contributed by atoms with van der Waals surface area (Å²) in [5, 5.41) is 13.1. The maximum atomic E-state index is 10.8. The predicted octanol–water partition coefficient (Wildman–Crippen LogP) is 1.83. The molecule has 0 radical (unpaired) electrons. The molecule has 1 aromatic rings. The van der Waals surface area contributed by atoms with E-state index in [-0.39, 0.29) is 5.92 Å². The molecule has 1 fully saturated rings. The molecule has 0 saturated carbocycles. The van der Waals surface area contributed by atoms with Gasteiger partial charge in [-0.3, -0.25) is 9.69 Å². The molecule has 0 bridgehead atoms. The first-order valence-electron chi connectivity index (χ1n) is 4.63. The van der Waals surface area contributed by atoms with E-state index < -0.39 is 5.97 Å². The first-order chi connectivity index (χ1) is 6.68. The monoisotopic (exact) mass is 211 g/mol. The van der Waals surface area contributed by atoms with Gasteiger partial charge in [0.25, 0.3) is 0 Å². The van der Waals surface area contributed by atoms with Gasteiger partial charge in [0.05, 0.1) is 5.92 Å². The van der Waals surface area contributed by atoms with Gasteiger partial charge in [-0.25, -0.2) is 0 Å². The summed E-state index contributed by atoms with van der Waals surface area (Å²) in [5.41, 5.74) is 1.25. The Morgan fingerprint density at radius 1 is 1.71 bits per heavy atom. The molecule has 1 aliphatic rings. The largest absolute Gasteiger partial charge is 0.481 e. The molecule has 1 saturated heterocycles. The number of thiophene rings is 1. The second kappa shape index (κ2) is 3.71. The Morgan fingerprint density at radius 2 is 2.50 bits per heavy atom. The molecular formula is C10H13NO2S. The van der Waals surface area contributed by atoms with E-state index in [2.05, 4.69) is 16.3 Å². The Labute approximate surface area is 87.0 Å². The lowest BCUT2D eigenvalue weighted by Gasteiger charge is -2.17. The van der Waals surface area contributed by atoms with Crippen molar-refractivity contribution in [1.82, 2.24) is 4.90 Å². The zero-order valence-corrected chi connectivity index (χ0v) is 8.83. The van der Waals surface area contributed by atoms with Crippen LogP contribution in [0.3, 0.4) is 0 Å². The van der Waals surface area contributed by atoms with E-state index in [0.717, 1.165) is 6.42 Å². The molecule has 76 valence electrons. The predicted molar refractivity (Wildman–Crippen MR) is 55.4 cm³/mol. The van der Waals surface area contributed by atoms with Gasteiger partial charge in [0.2, 0.25) is 0 Å². The van der Waals surface area contributed by atoms with Crippen LogP contribution >= 0.6 is 11.3 Å². The highest BCUT2D eigenvalue weighted by Gasteiger charge is 2.34. The van der Waals surface area contributed by atoms with Crippen LogP contribution in [0.25, 0.3) is 0 Å². The number of aliphatic carboxylic acids is 1. The lowest BCUT2D eigenvalue weighted by atomic mass is 10.0. The van der Waals surface area contributed by atoms with Crippen molar-refractivity contribution >= 4 is 17.3 Å². The standard InChI is InChI=1S/C10H13NO2S/c1-11-5-8(10(12)13)4-9(11)7-2-3-14-6-7/h2-3,6,8-9H,4-5H2,1H3,(H,12,13). The van der Waals surface area contributed by atoms with Crippen LogP contribution in [0.5, 0.6) is 0 Å². The first kappa shape index (κ1) is 9.68. The molecule has 1 aliphatic heterocycles. The van der Waals surface area contributed by atoms with Gasteiger partial charge in [0, 0.05) is 12.6 Å². The van der Waals surface area contributed by atoms with Gasteiger partial charge < -0.3 is 5.11 Å². The highest BCUT2D eigenvalue weighted by atomic mass is 32.1. The van der Waals surface area contributed by atoms with Crippen molar-refractivity contribution in [3.8, 4) is 0 Å². The molecule has 0 aromatic carbocycles. The Hall–Kier alpha value is -0.870. The molecule has 2 rings (SSSR count). The number of likely N-dealkylation sites (tertiary alicyclic amines) is 1. The second-order valence-corrected chi connectivity index (χ2v) is 4.56. The molecule has 2 unspecified atom stereocenters. The van der Waals surface area contributed by atoms with Crippen LogP contribution in [0.4, 0.5) is 0 Å². The van der Waals surface area contributed by atoms with Gasteiger partial charge in [-0.2, -0.15) is 11.3 Å². The summed E-state index contributed by atoms with van der Waals surface area (Å²) < 4.78 is 0. The molecule has 1 N–H and O–H groups in total. The lowest BCUT2D eigenvalue weighted by Crippen LogP contribution is -2.20. The maximum Gasteiger partial charge on any atom is 0.307 e. The zero-order chi connectivity index (χ0) is 10.1. The van der Waals surface area contributed by atoms with Gasteiger partial charge >= 0.3 is 5.97 Å². The van der Waals surface area contributed by atoms with E-state index in [9.17, 15) is 4.79 Å². The van der Waals surface area contributed by atoms with Crippen LogP contribution in [0.2, 0.25) is 0 Å². The number of hydrogen-bond donors (Lipinski definition) is 1. The maximum absolute atomic E-state index is 10.8. The third kappa shape index (κ3) is 1.67. The number of rotatable bonds is 2. The summed E-state index contributed by atoms with van der Waals surface area (Å²) in [6.07, 6.45) is 0.739. The van der Waals surface area contributed by atoms with Crippen molar-refractivity contribution in [3.63, 3.8) is 0 Å². The number of carbonyl (C=O) groups is 1. The summed E-state index contributed by atoms with van der Waals surface area (Å²) in [6.45, 7) is 0.663. The second-order valence-electron chi connectivity index (χ2n) is 3.78. The minimum absolute atomic E-state index is 0.204. The van der Waals surface area contributed by atoms with Crippen LogP contribution in [0.15, 0.2) is 16.8 Å². The number of hydrogen-bond acceptors (Lipinski definition) is 3. The van der Waals surface area contributed by atoms with E-state index in [1.54, 1.807) is 11.3 Å². The topological polar surface area (TPSA) is 40.5 Å². The van der Waals surface area contributed by atoms with Gasteiger partial charge in [-0.05, 0) is 35.9 Å². The van der Waals surface area contributed by atoms with Crippen molar-refractivity contribution in [2.24, 2.45) is 5.92 Å². The molecule has 0 spiro atoms. The number of carboxylic acids is 1. The fraction of sp³-hybridized carbons (Fsp3) is 0.500. The van der Waals surface area contributed by atoms with Crippen molar-refractivity contribution in [1.29, 1.82) is 0 Å². The third-order valence-electron chi connectivity index (χ3n) is 2.83. The summed E-state index contributed by atoms with van der Waals surface area (Å²) in [4.78, 5) is 13.0. The van der Waals surface area contributed by atoms with Gasteiger partial charge in [-0.15, -0.1) is 0 Å². The smallest absolute Gasteiger partial charge is 0.307 e. The van der Waals surface area contributed by atoms with Gasteiger partial charge in [-0.1, -0.05) is 0 Å².